The van der Waals surface area contributed by atoms with Crippen molar-refractivity contribution in [3.05, 3.63) is 29.3 Å². The maximum absolute atomic E-state index is 12.4. The molecule has 0 aliphatic heterocycles. The fourth-order valence-electron chi connectivity index (χ4n) is 1.82. The molecule has 7 heteroatoms. The van der Waals surface area contributed by atoms with Crippen LogP contribution in [0.2, 0.25) is 0 Å². The Morgan fingerprint density at radius 2 is 1.90 bits per heavy atom. The molecule has 118 valence electrons. The lowest BCUT2D eigenvalue weighted by Gasteiger charge is -2.17. The van der Waals surface area contributed by atoms with Crippen LogP contribution in [0.25, 0.3) is 0 Å². The van der Waals surface area contributed by atoms with E-state index >= 15 is 0 Å². The van der Waals surface area contributed by atoms with Crippen molar-refractivity contribution < 1.29 is 13.2 Å². The summed E-state index contributed by atoms with van der Waals surface area (Å²) in [5.74, 6) is -0.360. The highest BCUT2D eigenvalue weighted by Crippen LogP contribution is 2.17. The Morgan fingerprint density at radius 1 is 1.29 bits per heavy atom. The molecule has 0 aliphatic carbocycles. The molecule has 1 aromatic rings. The average Bonchev–Trinajstić information content (AvgIpc) is 2.37. The van der Waals surface area contributed by atoms with Crippen molar-refractivity contribution in [3.8, 4) is 0 Å². The Bertz CT molecular complexity index is 612. The van der Waals surface area contributed by atoms with Gasteiger partial charge in [-0.1, -0.05) is 12.1 Å². The third-order valence-corrected chi connectivity index (χ3v) is 4.62. The van der Waals surface area contributed by atoms with Crippen LogP contribution in [0.5, 0.6) is 0 Å². The molecule has 0 heterocycles. The highest BCUT2D eigenvalue weighted by molar-refractivity contribution is 7.89. The maximum atomic E-state index is 12.4. The van der Waals surface area contributed by atoms with Gasteiger partial charge in [-0.15, -0.1) is 0 Å². The second kappa shape index (κ2) is 7.02. The predicted octanol–water partition coefficient (Wildman–Crippen LogP) is 0.645. The molecule has 1 rings (SSSR count). The maximum Gasteiger partial charge on any atom is 0.241 e. The first-order valence-electron chi connectivity index (χ1n) is 6.79. The summed E-state index contributed by atoms with van der Waals surface area (Å²) in [7, 11) is -3.77. The molecule has 0 bridgehead atoms. The number of nitrogens with one attached hydrogen (secondary N) is 2. The lowest BCUT2D eigenvalue weighted by Crippen LogP contribution is -2.46. The van der Waals surface area contributed by atoms with Crippen LogP contribution in [0.4, 0.5) is 0 Å². The Balaban J connectivity index is 2.99. The van der Waals surface area contributed by atoms with Crippen molar-refractivity contribution in [2.24, 2.45) is 5.73 Å². The highest BCUT2D eigenvalue weighted by atomic mass is 32.2. The number of benzene rings is 1. The number of hydrogen-bond donors (Lipinski definition) is 3. The van der Waals surface area contributed by atoms with E-state index in [-0.39, 0.29) is 23.4 Å². The van der Waals surface area contributed by atoms with Gasteiger partial charge in [-0.05, 0) is 44.9 Å². The number of amides is 1. The average molecular weight is 313 g/mol. The van der Waals surface area contributed by atoms with E-state index in [4.69, 9.17) is 5.73 Å². The monoisotopic (exact) mass is 313 g/mol. The summed E-state index contributed by atoms with van der Waals surface area (Å²) < 4.78 is 27.2. The predicted molar refractivity (Wildman–Crippen MR) is 82.1 cm³/mol. The van der Waals surface area contributed by atoms with Gasteiger partial charge in [0.1, 0.15) is 0 Å². The molecule has 0 spiro atoms. The van der Waals surface area contributed by atoms with Crippen molar-refractivity contribution in [2.75, 3.05) is 0 Å². The molecule has 6 nitrogen and oxygen atoms in total. The number of nitrogens with two attached hydrogens (primary N) is 1. The molecule has 0 aliphatic rings. The zero-order valence-corrected chi connectivity index (χ0v) is 13.6. The zero-order chi connectivity index (χ0) is 16.2. The quantitative estimate of drug-likeness (QED) is 0.717. The molecular formula is C14H23N3O3S. The van der Waals surface area contributed by atoms with Crippen LogP contribution in [0, 0.1) is 6.92 Å². The number of rotatable bonds is 6. The summed E-state index contributed by atoms with van der Waals surface area (Å²) in [4.78, 5) is 12.0. The molecule has 0 saturated heterocycles. The van der Waals surface area contributed by atoms with E-state index in [1.54, 1.807) is 19.1 Å². The van der Waals surface area contributed by atoms with E-state index in [2.05, 4.69) is 10.0 Å². The topological polar surface area (TPSA) is 101 Å². The zero-order valence-electron chi connectivity index (χ0n) is 12.8. The van der Waals surface area contributed by atoms with Gasteiger partial charge in [0.25, 0.3) is 0 Å². The van der Waals surface area contributed by atoms with Gasteiger partial charge < -0.3 is 11.1 Å². The molecule has 4 N–H and O–H groups in total. The Kier molecular flexibility index (Phi) is 5.88. The summed E-state index contributed by atoms with van der Waals surface area (Å²) in [6.07, 6.45) is 0. The standard InChI is InChI=1S/C14H23N3O3S/c1-9(2)16-14(18)11(4)17-21(19,20)13-7-12(8-15)6-5-10(13)3/h5-7,9,11,17H,8,15H2,1-4H3,(H,16,18). The Labute approximate surface area is 126 Å². The minimum atomic E-state index is -3.77. The van der Waals surface area contributed by atoms with Crippen LogP contribution in [-0.4, -0.2) is 26.4 Å². The first-order valence-corrected chi connectivity index (χ1v) is 8.28. The van der Waals surface area contributed by atoms with Gasteiger partial charge in [0, 0.05) is 12.6 Å². The number of sulfonamides is 1. The van der Waals surface area contributed by atoms with Gasteiger partial charge in [-0.25, -0.2) is 8.42 Å². The van der Waals surface area contributed by atoms with Crippen molar-refractivity contribution in [3.63, 3.8) is 0 Å². The largest absolute Gasteiger partial charge is 0.353 e. The minimum absolute atomic E-state index is 0.0493. The lowest BCUT2D eigenvalue weighted by molar-refractivity contribution is -0.122. The summed E-state index contributed by atoms with van der Waals surface area (Å²) in [6, 6.07) is 4.12. The van der Waals surface area contributed by atoms with E-state index in [0.29, 0.717) is 5.56 Å². The molecule has 0 saturated carbocycles. The van der Waals surface area contributed by atoms with Crippen LogP contribution in [0.1, 0.15) is 31.9 Å². The first kappa shape index (κ1) is 17.6. The third-order valence-electron chi connectivity index (χ3n) is 2.93. The van der Waals surface area contributed by atoms with Gasteiger partial charge in [0.15, 0.2) is 0 Å². The number of carbonyl (C=O) groups is 1. The van der Waals surface area contributed by atoms with E-state index in [0.717, 1.165) is 5.56 Å². The van der Waals surface area contributed by atoms with Crippen LogP contribution >= 0.6 is 0 Å². The molecule has 1 atom stereocenters. The van der Waals surface area contributed by atoms with Crippen molar-refractivity contribution >= 4 is 15.9 Å². The summed E-state index contributed by atoms with van der Waals surface area (Å²) >= 11 is 0. The van der Waals surface area contributed by atoms with Crippen LogP contribution < -0.4 is 15.8 Å². The van der Waals surface area contributed by atoms with Crippen molar-refractivity contribution in [2.45, 2.75) is 51.2 Å². The second-order valence-corrected chi connectivity index (χ2v) is 6.99. The fraction of sp³-hybridized carbons (Fsp3) is 0.500. The third kappa shape index (κ3) is 4.80. The molecule has 1 aromatic carbocycles. The molecule has 21 heavy (non-hydrogen) atoms. The van der Waals surface area contributed by atoms with Crippen molar-refractivity contribution in [1.82, 2.24) is 10.0 Å². The lowest BCUT2D eigenvalue weighted by atomic mass is 10.1. The minimum Gasteiger partial charge on any atom is -0.353 e. The molecule has 1 amide bonds. The van der Waals surface area contributed by atoms with E-state index in [1.807, 2.05) is 13.8 Å². The van der Waals surface area contributed by atoms with E-state index < -0.39 is 16.1 Å². The van der Waals surface area contributed by atoms with Gasteiger partial charge in [0.2, 0.25) is 15.9 Å². The van der Waals surface area contributed by atoms with Gasteiger partial charge in [0.05, 0.1) is 10.9 Å². The Morgan fingerprint density at radius 3 is 2.43 bits per heavy atom. The molecular weight excluding hydrogens is 290 g/mol. The smallest absolute Gasteiger partial charge is 0.241 e. The number of carbonyl (C=O) groups excluding carboxylic acids is 1. The molecule has 0 radical (unpaired) electrons. The number of hydrogen-bond acceptors (Lipinski definition) is 4. The number of aryl methyl sites for hydroxylation is 1. The van der Waals surface area contributed by atoms with Gasteiger partial charge in [-0.2, -0.15) is 4.72 Å². The van der Waals surface area contributed by atoms with E-state index in [9.17, 15) is 13.2 Å². The SMILES string of the molecule is Cc1ccc(CN)cc1S(=O)(=O)NC(C)C(=O)NC(C)C. The highest BCUT2D eigenvalue weighted by Gasteiger charge is 2.23. The normalized spacial score (nSPS) is 13.2. The molecule has 0 aromatic heterocycles. The van der Waals surface area contributed by atoms with Crippen LogP contribution in [0.15, 0.2) is 23.1 Å². The molecule has 0 fully saturated rings. The Hall–Kier alpha value is -1.44. The molecule has 1 unspecified atom stereocenters. The first-order chi connectivity index (χ1) is 9.67. The van der Waals surface area contributed by atoms with Crippen LogP contribution in [0.3, 0.4) is 0 Å². The fourth-order valence-corrected chi connectivity index (χ4v) is 3.32. The van der Waals surface area contributed by atoms with E-state index in [1.165, 1.54) is 13.0 Å². The van der Waals surface area contributed by atoms with Crippen molar-refractivity contribution in [1.29, 1.82) is 0 Å². The second-order valence-electron chi connectivity index (χ2n) is 5.31. The van der Waals surface area contributed by atoms with Crippen LogP contribution in [-0.2, 0) is 21.4 Å². The van der Waals surface area contributed by atoms with Gasteiger partial charge >= 0.3 is 0 Å². The summed E-state index contributed by atoms with van der Waals surface area (Å²) in [5, 5.41) is 2.67. The summed E-state index contributed by atoms with van der Waals surface area (Å²) in [6.45, 7) is 7.10. The van der Waals surface area contributed by atoms with Gasteiger partial charge in [-0.3, -0.25) is 4.79 Å². The summed E-state index contributed by atoms with van der Waals surface area (Å²) in [5.41, 5.74) is 6.87.